The fourth-order valence-corrected chi connectivity index (χ4v) is 2.95. The van der Waals surface area contributed by atoms with E-state index < -0.39 is 0 Å². The Kier molecular flexibility index (Phi) is 5.31. The lowest BCUT2D eigenvalue weighted by atomic mass is 10.1. The van der Waals surface area contributed by atoms with Gasteiger partial charge in [0, 0.05) is 37.7 Å². The summed E-state index contributed by atoms with van der Waals surface area (Å²) in [5.41, 5.74) is 3.64. The molecule has 0 unspecified atom stereocenters. The van der Waals surface area contributed by atoms with E-state index in [0.717, 1.165) is 37.7 Å². The SMILES string of the molecule is Cc1ccccc1/C=N/N1CCN(Cc2ccccc2Cl)CC1. The summed E-state index contributed by atoms with van der Waals surface area (Å²) in [6.45, 7) is 6.95. The average molecular weight is 328 g/mol. The summed E-state index contributed by atoms with van der Waals surface area (Å²) in [4.78, 5) is 2.43. The quantitative estimate of drug-likeness (QED) is 0.795. The molecule has 0 amide bonds. The van der Waals surface area contributed by atoms with E-state index in [4.69, 9.17) is 11.6 Å². The van der Waals surface area contributed by atoms with E-state index in [9.17, 15) is 0 Å². The minimum absolute atomic E-state index is 0.854. The second-order valence-electron chi connectivity index (χ2n) is 5.92. The average Bonchev–Trinajstić information content (AvgIpc) is 2.57. The Labute approximate surface area is 143 Å². The van der Waals surface area contributed by atoms with Crippen molar-refractivity contribution >= 4 is 17.8 Å². The summed E-state index contributed by atoms with van der Waals surface area (Å²) < 4.78 is 0. The van der Waals surface area contributed by atoms with Gasteiger partial charge in [-0.15, -0.1) is 0 Å². The van der Waals surface area contributed by atoms with Gasteiger partial charge in [-0.1, -0.05) is 54.1 Å². The molecular formula is C19H22ClN3. The predicted octanol–water partition coefficient (Wildman–Crippen LogP) is 3.80. The van der Waals surface area contributed by atoms with Gasteiger partial charge in [-0.3, -0.25) is 9.91 Å². The highest BCUT2D eigenvalue weighted by Crippen LogP contribution is 2.18. The number of hydrogen-bond acceptors (Lipinski definition) is 3. The first-order chi connectivity index (χ1) is 11.2. The lowest BCUT2D eigenvalue weighted by Gasteiger charge is -2.33. The number of aryl methyl sites for hydroxylation is 1. The number of halogens is 1. The lowest BCUT2D eigenvalue weighted by molar-refractivity contribution is 0.131. The van der Waals surface area contributed by atoms with E-state index in [1.165, 1.54) is 16.7 Å². The van der Waals surface area contributed by atoms with Gasteiger partial charge in [-0.05, 0) is 29.7 Å². The largest absolute Gasteiger partial charge is 0.295 e. The monoisotopic (exact) mass is 327 g/mol. The van der Waals surface area contributed by atoms with E-state index in [2.05, 4.69) is 52.3 Å². The topological polar surface area (TPSA) is 18.8 Å². The van der Waals surface area contributed by atoms with Crippen LogP contribution in [-0.4, -0.2) is 42.3 Å². The summed E-state index contributed by atoms with van der Waals surface area (Å²) in [6, 6.07) is 16.4. The van der Waals surface area contributed by atoms with Crippen LogP contribution in [0.1, 0.15) is 16.7 Å². The smallest absolute Gasteiger partial charge is 0.0545 e. The molecule has 0 atom stereocenters. The number of hydrazone groups is 1. The van der Waals surface area contributed by atoms with Gasteiger partial charge in [0.2, 0.25) is 0 Å². The second-order valence-corrected chi connectivity index (χ2v) is 6.33. The number of piperazine rings is 1. The Morgan fingerprint density at radius 3 is 2.43 bits per heavy atom. The van der Waals surface area contributed by atoms with Crippen LogP contribution in [0.4, 0.5) is 0 Å². The maximum atomic E-state index is 6.24. The molecule has 0 N–H and O–H groups in total. The zero-order valence-electron chi connectivity index (χ0n) is 13.5. The third kappa shape index (κ3) is 4.34. The zero-order chi connectivity index (χ0) is 16.1. The Balaban J connectivity index is 1.53. The molecule has 120 valence electrons. The van der Waals surface area contributed by atoms with Crippen LogP contribution in [0.2, 0.25) is 5.02 Å². The molecule has 1 fully saturated rings. The molecule has 3 nitrogen and oxygen atoms in total. The highest BCUT2D eigenvalue weighted by Gasteiger charge is 2.16. The molecule has 0 bridgehead atoms. The van der Waals surface area contributed by atoms with Gasteiger partial charge in [0.25, 0.3) is 0 Å². The van der Waals surface area contributed by atoms with E-state index in [1.807, 2.05) is 24.4 Å². The molecule has 0 aliphatic carbocycles. The van der Waals surface area contributed by atoms with Crippen molar-refractivity contribution in [3.63, 3.8) is 0 Å². The van der Waals surface area contributed by atoms with Crippen molar-refractivity contribution in [1.29, 1.82) is 0 Å². The van der Waals surface area contributed by atoms with Crippen LogP contribution >= 0.6 is 11.6 Å². The van der Waals surface area contributed by atoms with E-state index >= 15 is 0 Å². The van der Waals surface area contributed by atoms with E-state index in [-0.39, 0.29) is 0 Å². The minimum Gasteiger partial charge on any atom is -0.295 e. The fourth-order valence-electron chi connectivity index (χ4n) is 2.75. The Morgan fingerprint density at radius 2 is 1.70 bits per heavy atom. The van der Waals surface area contributed by atoms with Crippen LogP contribution in [-0.2, 0) is 6.54 Å². The van der Waals surface area contributed by atoms with E-state index in [1.54, 1.807) is 0 Å². The van der Waals surface area contributed by atoms with Gasteiger partial charge in [-0.25, -0.2) is 0 Å². The summed E-state index contributed by atoms with van der Waals surface area (Å²) in [5.74, 6) is 0. The van der Waals surface area contributed by atoms with Crippen molar-refractivity contribution in [2.24, 2.45) is 5.10 Å². The van der Waals surface area contributed by atoms with Crippen LogP contribution in [0, 0.1) is 6.92 Å². The van der Waals surface area contributed by atoms with Crippen LogP contribution in [0.3, 0.4) is 0 Å². The van der Waals surface area contributed by atoms with Gasteiger partial charge in [0.05, 0.1) is 6.21 Å². The molecule has 2 aromatic carbocycles. The zero-order valence-corrected chi connectivity index (χ0v) is 14.2. The molecule has 0 saturated carbocycles. The van der Waals surface area contributed by atoms with Gasteiger partial charge >= 0.3 is 0 Å². The van der Waals surface area contributed by atoms with Gasteiger partial charge in [0.15, 0.2) is 0 Å². The summed E-state index contributed by atoms with van der Waals surface area (Å²) in [5, 5.41) is 7.63. The highest BCUT2D eigenvalue weighted by atomic mass is 35.5. The normalized spacial score (nSPS) is 16.2. The maximum Gasteiger partial charge on any atom is 0.0545 e. The van der Waals surface area contributed by atoms with Crippen molar-refractivity contribution < 1.29 is 0 Å². The first-order valence-electron chi connectivity index (χ1n) is 8.03. The third-order valence-electron chi connectivity index (χ3n) is 4.25. The number of nitrogens with zero attached hydrogens (tertiary/aromatic N) is 3. The van der Waals surface area contributed by atoms with Gasteiger partial charge in [-0.2, -0.15) is 5.10 Å². The molecule has 1 heterocycles. The van der Waals surface area contributed by atoms with E-state index in [0.29, 0.717) is 0 Å². The van der Waals surface area contributed by atoms with Crippen LogP contribution in [0.25, 0.3) is 0 Å². The summed E-state index contributed by atoms with van der Waals surface area (Å²) in [6.07, 6.45) is 1.97. The number of benzene rings is 2. The van der Waals surface area contributed by atoms with Gasteiger partial charge < -0.3 is 0 Å². The van der Waals surface area contributed by atoms with Crippen LogP contribution < -0.4 is 0 Å². The molecule has 1 saturated heterocycles. The van der Waals surface area contributed by atoms with Crippen molar-refractivity contribution in [3.8, 4) is 0 Å². The summed E-state index contributed by atoms with van der Waals surface area (Å²) in [7, 11) is 0. The molecule has 23 heavy (non-hydrogen) atoms. The second kappa shape index (κ2) is 7.62. The minimum atomic E-state index is 0.854. The number of rotatable bonds is 4. The van der Waals surface area contributed by atoms with Crippen molar-refractivity contribution in [2.75, 3.05) is 26.2 Å². The third-order valence-corrected chi connectivity index (χ3v) is 4.62. The highest BCUT2D eigenvalue weighted by molar-refractivity contribution is 6.31. The van der Waals surface area contributed by atoms with Crippen molar-refractivity contribution in [3.05, 3.63) is 70.2 Å². The van der Waals surface area contributed by atoms with Crippen molar-refractivity contribution in [1.82, 2.24) is 9.91 Å². The number of hydrogen-bond donors (Lipinski definition) is 0. The van der Waals surface area contributed by atoms with Crippen molar-refractivity contribution in [2.45, 2.75) is 13.5 Å². The molecule has 3 rings (SSSR count). The molecule has 1 aliphatic rings. The van der Waals surface area contributed by atoms with Gasteiger partial charge in [0.1, 0.15) is 0 Å². The lowest BCUT2D eigenvalue weighted by Crippen LogP contribution is -2.43. The molecule has 0 radical (unpaired) electrons. The molecule has 0 spiro atoms. The van der Waals surface area contributed by atoms with Crippen LogP contribution in [0.15, 0.2) is 53.6 Å². The Bertz CT molecular complexity index is 676. The molecule has 1 aliphatic heterocycles. The fraction of sp³-hybridized carbons (Fsp3) is 0.316. The van der Waals surface area contributed by atoms with Crippen LogP contribution in [0.5, 0.6) is 0 Å². The predicted molar refractivity (Wildman–Crippen MR) is 97.1 cm³/mol. The molecule has 4 heteroatoms. The first-order valence-corrected chi connectivity index (χ1v) is 8.40. The Morgan fingerprint density at radius 1 is 1.00 bits per heavy atom. The molecule has 2 aromatic rings. The Hall–Kier alpha value is -1.84. The molecular weight excluding hydrogens is 306 g/mol. The first kappa shape index (κ1) is 16.0. The summed E-state index contributed by atoms with van der Waals surface area (Å²) >= 11 is 6.24. The maximum absolute atomic E-state index is 6.24. The molecule has 0 aromatic heterocycles. The standard InChI is InChI=1S/C19H22ClN3/c1-16-6-2-3-7-17(16)14-21-23-12-10-22(11-13-23)15-18-8-4-5-9-19(18)20/h2-9,14H,10-13,15H2,1H3/b21-14+.